The van der Waals surface area contributed by atoms with Crippen LogP contribution in [0.4, 0.5) is 0 Å². The Hall–Kier alpha value is -2.35. The van der Waals surface area contributed by atoms with E-state index in [9.17, 15) is 0 Å². The number of rotatable bonds is 6. The summed E-state index contributed by atoms with van der Waals surface area (Å²) in [4.78, 5) is 4.38. The zero-order valence-electron chi connectivity index (χ0n) is 16.9. The van der Waals surface area contributed by atoms with Crippen LogP contribution in [-0.2, 0) is 6.42 Å². The minimum absolute atomic E-state index is 0. The average molecular weight is 501 g/mol. The van der Waals surface area contributed by atoms with Crippen LogP contribution in [0.3, 0.4) is 0 Å². The van der Waals surface area contributed by atoms with E-state index in [1.165, 1.54) is 23.1 Å². The van der Waals surface area contributed by atoms with Crippen LogP contribution in [-0.4, -0.2) is 35.4 Å². The SMILES string of the molecule is CN=C(NCCc1ccc(-n2cccn2)cc1)NC1CC1c1ccccc1C.I. The molecule has 1 fully saturated rings. The van der Waals surface area contributed by atoms with Gasteiger partial charge in [0.2, 0.25) is 0 Å². The Kier molecular flexibility index (Phi) is 7.30. The van der Waals surface area contributed by atoms with Gasteiger partial charge in [-0.15, -0.1) is 24.0 Å². The number of hydrogen-bond donors (Lipinski definition) is 2. The van der Waals surface area contributed by atoms with Crippen LogP contribution in [0.25, 0.3) is 5.69 Å². The fraction of sp³-hybridized carbons (Fsp3) is 0.304. The lowest BCUT2D eigenvalue weighted by molar-refractivity contribution is 0.778. The van der Waals surface area contributed by atoms with Gasteiger partial charge in [-0.05, 0) is 54.7 Å². The van der Waals surface area contributed by atoms with E-state index < -0.39 is 0 Å². The molecule has 0 spiro atoms. The average Bonchev–Trinajstić information content (AvgIpc) is 3.25. The van der Waals surface area contributed by atoms with Crippen molar-refractivity contribution in [3.8, 4) is 5.69 Å². The molecule has 1 aromatic heterocycles. The zero-order chi connectivity index (χ0) is 19.3. The van der Waals surface area contributed by atoms with Crippen molar-refractivity contribution in [3.05, 3.63) is 83.7 Å². The summed E-state index contributed by atoms with van der Waals surface area (Å²) in [5.74, 6) is 1.48. The predicted molar refractivity (Wildman–Crippen MR) is 130 cm³/mol. The number of nitrogens with one attached hydrogen (secondary N) is 2. The standard InChI is InChI=1S/C23H27N5.HI/c1-17-6-3-4-7-20(17)21-16-22(21)27-23(24-2)25-14-12-18-8-10-19(11-9-18)28-15-5-13-26-28;/h3-11,13,15,21-22H,12,14,16H2,1-2H3,(H2,24,25,27);1H. The summed E-state index contributed by atoms with van der Waals surface area (Å²) >= 11 is 0. The Morgan fingerprint density at radius 3 is 2.62 bits per heavy atom. The molecule has 1 saturated carbocycles. The highest BCUT2D eigenvalue weighted by molar-refractivity contribution is 14.0. The van der Waals surface area contributed by atoms with Crippen LogP contribution in [0.2, 0.25) is 0 Å². The van der Waals surface area contributed by atoms with E-state index in [1.54, 1.807) is 6.20 Å². The van der Waals surface area contributed by atoms with Gasteiger partial charge in [-0.2, -0.15) is 5.10 Å². The van der Waals surface area contributed by atoms with Gasteiger partial charge in [0.25, 0.3) is 0 Å². The molecule has 2 unspecified atom stereocenters. The summed E-state index contributed by atoms with van der Waals surface area (Å²) in [6.07, 6.45) is 5.86. The van der Waals surface area contributed by atoms with E-state index in [4.69, 9.17) is 0 Å². The number of hydrogen-bond acceptors (Lipinski definition) is 2. The summed E-state index contributed by atoms with van der Waals surface area (Å²) in [7, 11) is 1.83. The first-order chi connectivity index (χ1) is 13.7. The number of aryl methyl sites for hydroxylation is 1. The lowest BCUT2D eigenvalue weighted by Gasteiger charge is -2.12. The second kappa shape index (κ2) is 9.91. The molecule has 29 heavy (non-hydrogen) atoms. The van der Waals surface area contributed by atoms with Crippen molar-refractivity contribution in [1.29, 1.82) is 0 Å². The van der Waals surface area contributed by atoms with Gasteiger partial charge in [0.05, 0.1) is 5.69 Å². The second-order valence-corrected chi connectivity index (χ2v) is 7.32. The highest BCUT2D eigenvalue weighted by Gasteiger charge is 2.39. The van der Waals surface area contributed by atoms with E-state index in [1.807, 2.05) is 24.0 Å². The minimum Gasteiger partial charge on any atom is -0.356 e. The van der Waals surface area contributed by atoms with Crippen molar-refractivity contribution in [1.82, 2.24) is 20.4 Å². The molecular formula is C23H28IN5. The monoisotopic (exact) mass is 501 g/mol. The third-order valence-electron chi connectivity index (χ3n) is 5.34. The topological polar surface area (TPSA) is 54.2 Å². The number of nitrogens with zero attached hydrogens (tertiary/aromatic N) is 3. The quantitative estimate of drug-likeness (QED) is 0.304. The van der Waals surface area contributed by atoms with Gasteiger partial charge >= 0.3 is 0 Å². The molecule has 0 aliphatic heterocycles. The number of benzene rings is 2. The lowest BCUT2D eigenvalue weighted by atomic mass is 10.0. The Balaban J connectivity index is 0.00000240. The number of halogens is 1. The van der Waals surface area contributed by atoms with Gasteiger partial charge in [0, 0.05) is 37.9 Å². The molecule has 4 rings (SSSR count). The molecule has 0 amide bonds. The highest BCUT2D eigenvalue weighted by atomic mass is 127. The van der Waals surface area contributed by atoms with E-state index in [0.717, 1.165) is 24.6 Å². The van der Waals surface area contributed by atoms with Crippen molar-refractivity contribution >= 4 is 29.9 Å². The summed E-state index contributed by atoms with van der Waals surface area (Å²) in [6.45, 7) is 3.04. The normalized spacial score (nSPS) is 18.1. The smallest absolute Gasteiger partial charge is 0.191 e. The molecule has 0 radical (unpaired) electrons. The fourth-order valence-corrected chi connectivity index (χ4v) is 3.63. The maximum atomic E-state index is 4.38. The highest BCUT2D eigenvalue weighted by Crippen LogP contribution is 2.41. The molecule has 0 bridgehead atoms. The maximum Gasteiger partial charge on any atom is 0.191 e. The molecule has 1 aliphatic rings. The molecule has 0 saturated heterocycles. The molecule has 152 valence electrons. The third-order valence-corrected chi connectivity index (χ3v) is 5.34. The van der Waals surface area contributed by atoms with E-state index >= 15 is 0 Å². The Morgan fingerprint density at radius 1 is 1.14 bits per heavy atom. The number of aromatic nitrogens is 2. The number of guanidine groups is 1. The van der Waals surface area contributed by atoms with Crippen LogP contribution in [0, 0.1) is 6.92 Å². The first-order valence-corrected chi connectivity index (χ1v) is 9.86. The molecule has 3 aromatic rings. The second-order valence-electron chi connectivity index (χ2n) is 7.32. The van der Waals surface area contributed by atoms with Gasteiger partial charge in [0.15, 0.2) is 5.96 Å². The summed E-state index contributed by atoms with van der Waals surface area (Å²) in [5.41, 5.74) is 5.20. The fourth-order valence-electron chi connectivity index (χ4n) is 3.63. The largest absolute Gasteiger partial charge is 0.356 e. The molecular weight excluding hydrogens is 473 g/mol. The van der Waals surface area contributed by atoms with Crippen LogP contribution in [0.5, 0.6) is 0 Å². The van der Waals surface area contributed by atoms with Crippen LogP contribution < -0.4 is 10.6 Å². The van der Waals surface area contributed by atoms with E-state index in [0.29, 0.717) is 12.0 Å². The maximum absolute atomic E-state index is 4.38. The van der Waals surface area contributed by atoms with Crippen LogP contribution in [0.15, 0.2) is 72.0 Å². The third kappa shape index (κ3) is 5.38. The molecule has 2 N–H and O–H groups in total. The summed E-state index contributed by atoms with van der Waals surface area (Å²) in [5, 5.41) is 11.3. The Morgan fingerprint density at radius 2 is 1.93 bits per heavy atom. The van der Waals surface area contributed by atoms with Crippen molar-refractivity contribution in [3.63, 3.8) is 0 Å². The molecule has 6 heteroatoms. The minimum atomic E-state index is 0. The lowest BCUT2D eigenvalue weighted by Crippen LogP contribution is -2.39. The van der Waals surface area contributed by atoms with Gasteiger partial charge in [0.1, 0.15) is 0 Å². The molecule has 1 heterocycles. The Labute approximate surface area is 189 Å². The first-order valence-electron chi connectivity index (χ1n) is 9.86. The van der Waals surface area contributed by atoms with Crippen LogP contribution in [0.1, 0.15) is 29.0 Å². The van der Waals surface area contributed by atoms with Crippen molar-refractivity contribution in [2.45, 2.75) is 31.7 Å². The summed E-state index contributed by atoms with van der Waals surface area (Å²) < 4.78 is 1.87. The first kappa shape index (κ1) is 21.4. The van der Waals surface area contributed by atoms with E-state index in [2.05, 4.69) is 76.2 Å². The zero-order valence-corrected chi connectivity index (χ0v) is 19.2. The molecule has 2 atom stereocenters. The molecule has 1 aliphatic carbocycles. The Bertz CT molecular complexity index is 934. The van der Waals surface area contributed by atoms with E-state index in [-0.39, 0.29) is 24.0 Å². The van der Waals surface area contributed by atoms with Crippen molar-refractivity contribution < 1.29 is 0 Å². The van der Waals surface area contributed by atoms with Gasteiger partial charge in [-0.1, -0.05) is 36.4 Å². The van der Waals surface area contributed by atoms with Gasteiger partial charge in [-0.3, -0.25) is 4.99 Å². The molecule has 2 aromatic carbocycles. The molecule has 5 nitrogen and oxygen atoms in total. The van der Waals surface area contributed by atoms with Gasteiger partial charge in [-0.25, -0.2) is 4.68 Å². The van der Waals surface area contributed by atoms with Gasteiger partial charge < -0.3 is 10.6 Å². The van der Waals surface area contributed by atoms with Crippen LogP contribution >= 0.6 is 24.0 Å². The summed E-state index contributed by atoms with van der Waals surface area (Å²) in [6, 6.07) is 19.6. The van der Waals surface area contributed by atoms with Crippen molar-refractivity contribution in [2.24, 2.45) is 4.99 Å². The van der Waals surface area contributed by atoms with Crippen molar-refractivity contribution in [2.75, 3.05) is 13.6 Å². The predicted octanol–water partition coefficient (Wildman–Crippen LogP) is 4.06. The number of aliphatic imine (C=N–C) groups is 1.